The molecule has 0 spiro atoms. The maximum Gasteiger partial charge on any atom is 0.243 e. The first-order valence-corrected chi connectivity index (χ1v) is 9.58. The second kappa shape index (κ2) is 8.86. The van der Waals surface area contributed by atoms with Gasteiger partial charge in [0.25, 0.3) is 0 Å². The summed E-state index contributed by atoms with van der Waals surface area (Å²) in [5.41, 5.74) is -0.477. The molecule has 0 heterocycles. The van der Waals surface area contributed by atoms with E-state index in [2.05, 4.69) is 0 Å². The number of rotatable bonds is 7. The number of benzene rings is 2. The lowest BCUT2D eigenvalue weighted by molar-refractivity contribution is -0.116. The van der Waals surface area contributed by atoms with Crippen molar-refractivity contribution in [3.05, 3.63) is 59.4 Å². The molecule has 0 aliphatic carbocycles. The first-order valence-electron chi connectivity index (χ1n) is 8.14. The smallest absolute Gasteiger partial charge is 0.243 e. The van der Waals surface area contributed by atoms with Crippen molar-refractivity contribution in [1.82, 2.24) is 4.31 Å². The molecule has 148 valence electrons. The second-order valence-electron chi connectivity index (χ2n) is 5.75. The molecule has 0 bridgehead atoms. The Balaban J connectivity index is 2.25. The zero-order chi connectivity index (χ0) is 20.9. The number of nitriles is 1. The Morgan fingerprint density at radius 1 is 1.18 bits per heavy atom. The molecule has 1 N–H and O–H groups in total. The molecule has 0 saturated heterocycles. The van der Waals surface area contributed by atoms with E-state index in [0.29, 0.717) is 12.5 Å². The lowest BCUT2D eigenvalue weighted by Crippen LogP contribution is -2.38. The predicted molar refractivity (Wildman–Crippen MR) is 95.2 cm³/mol. The topological polar surface area (TPSA) is 90.3 Å². The molecule has 10 heteroatoms. The van der Waals surface area contributed by atoms with Crippen molar-refractivity contribution in [3.8, 4) is 6.07 Å². The molecule has 6 nitrogen and oxygen atoms in total. The molecule has 0 aliphatic heterocycles. The van der Waals surface area contributed by atoms with Gasteiger partial charge >= 0.3 is 0 Å². The minimum atomic E-state index is -4.11. The highest BCUT2D eigenvalue weighted by atomic mass is 32.2. The quantitative estimate of drug-likeness (QED) is 0.709. The number of sulfonamides is 1. The van der Waals surface area contributed by atoms with Crippen LogP contribution in [0.15, 0.2) is 41.3 Å². The lowest BCUT2D eigenvalue weighted by atomic mass is 10.2. The molecular weight excluding hydrogens is 395 g/mol. The number of amides is 1. The molecule has 2 aromatic rings. The van der Waals surface area contributed by atoms with Gasteiger partial charge in [0.1, 0.15) is 0 Å². The molecule has 0 fully saturated rings. The summed E-state index contributed by atoms with van der Waals surface area (Å²) in [7, 11) is -4.11. The van der Waals surface area contributed by atoms with E-state index >= 15 is 0 Å². The fraction of sp³-hybridized carbons (Fsp3) is 0.222. The van der Waals surface area contributed by atoms with Crippen molar-refractivity contribution in [2.75, 3.05) is 18.4 Å². The van der Waals surface area contributed by atoms with Crippen LogP contribution in [0.25, 0.3) is 0 Å². The van der Waals surface area contributed by atoms with Crippen LogP contribution >= 0.6 is 0 Å². The van der Waals surface area contributed by atoms with Gasteiger partial charge in [-0.05, 0) is 36.8 Å². The standard InChI is InChI=1S/C18H16F3N3O3S/c1-2-8-24(28(26,27)13-5-3-4-12(9-13)10-22)11-16(25)23-15-7-6-14(19)17(20)18(15)21/h3-7,9H,2,8,11H2,1H3,(H,23,25). The molecular formula is C18H16F3N3O3S. The number of nitrogens with zero attached hydrogens (tertiary/aromatic N) is 2. The van der Waals surface area contributed by atoms with Crippen molar-refractivity contribution < 1.29 is 26.4 Å². The van der Waals surface area contributed by atoms with E-state index in [1.807, 2.05) is 11.4 Å². The Bertz CT molecular complexity index is 1040. The van der Waals surface area contributed by atoms with Gasteiger partial charge in [-0.1, -0.05) is 13.0 Å². The molecule has 0 atom stereocenters. The van der Waals surface area contributed by atoms with Crippen molar-refractivity contribution in [3.63, 3.8) is 0 Å². The Morgan fingerprint density at radius 3 is 2.54 bits per heavy atom. The van der Waals surface area contributed by atoms with Crippen molar-refractivity contribution >= 4 is 21.6 Å². The molecule has 0 aromatic heterocycles. The number of carbonyl (C=O) groups excluding carboxylic acids is 1. The number of halogens is 3. The predicted octanol–water partition coefficient (Wildman–Crippen LogP) is 3.01. The molecule has 0 saturated carbocycles. The van der Waals surface area contributed by atoms with Crippen LogP contribution in [0.1, 0.15) is 18.9 Å². The summed E-state index contributed by atoms with van der Waals surface area (Å²) in [5, 5.41) is 11.0. The minimum Gasteiger partial charge on any atom is -0.322 e. The fourth-order valence-electron chi connectivity index (χ4n) is 2.38. The van der Waals surface area contributed by atoms with Crippen LogP contribution in [0.5, 0.6) is 0 Å². The molecule has 28 heavy (non-hydrogen) atoms. The zero-order valence-electron chi connectivity index (χ0n) is 14.7. The van der Waals surface area contributed by atoms with E-state index in [-0.39, 0.29) is 17.0 Å². The normalized spacial score (nSPS) is 11.3. The van der Waals surface area contributed by atoms with Crippen molar-refractivity contribution in [1.29, 1.82) is 5.26 Å². The number of hydrogen-bond acceptors (Lipinski definition) is 4. The third kappa shape index (κ3) is 4.68. The van der Waals surface area contributed by atoms with Gasteiger partial charge in [0, 0.05) is 6.54 Å². The third-order valence-electron chi connectivity index (χ3n) is 3.70. The zero-order valence-corrected chi connectivity index (χ0v) is 15.6. The van der Waals surface area contributed by atoms with E-state index < -0.39 is 45.6 Å². The van der Waals surface area contributed by atoms with E-state index in [9.17, 15) is 26.4 Å². The number of hydrogen-bond donors (Lipinski definition) is 1. The third-order valence-corrected chi connectivity index (χ3v) is 5.54. The number of nitrogens with one attached hydrogen (secondary N) is 1. The van der Waals surface area contributed by atoms with Crippen LogP contribution < -0.4 is 5.32 Å². The minimum absolute atomic E-state index is 0.0210. The summed E-state index contributed by atoms with van der Waals surface area (Å²) in [6.45, 7) is 0.999. The summed E-state index contributed by atoms with van der Waals surface area (Å²) in [4.78, 5) is 12.0. The van der Waals surface area contributed by atoms with Gasteiger partial charge in [-0.3, -0.25) is 4.79 Å². The Kier molecular flexibility index (Phi) is 6.77. The van der Waals surface area contributed by atoms with Gasteiger partial charge < -0.3 is 5.32 Å². The van der Waals surface area contributed by atoms with Gasteiger partial charge in [-0.2, -0.15) is 9.57 Å². The monoisotopic (exact) mass is 411 g/mol. The van der Waals surface area contributed by atoms with Gasteiger partial charge in [0.05, 0.1) is 28.8 Å². The SMILES string of the molecule is CCCN(CC(=O)Nc1ccc(F)c(F)c1F)S(=O)(=O)c1cccc(C#N)c1. The first kappa shape index (κ1) is 21.4. The Morgan fingerprint density at radius 2 is 1.89 bits per heavy atom. The average molecular weight is 411 g/mol. The molecule has 2 rings (SSSR count). The Hall–Kier alpha value is -2.90. The van der Waals surface area contributed by atoms with Crippen LogP contribution in [0, 0.1) is 28.8 Å². The van der Waals surface area contributed by atoms with Crippen LogP contribution in [0.2, 0.25) is 0 Å². The first-order chi connectivity index (χ1) is 13.2. The molecule has 0 unspecified atom stereocenters. The van der Waals surface area contributed by atoms with Crippen molar-refractivity contribution in [2.24, 2.45) is 0 Å². The summed E-state index contributed by atoms with van der Waals surface area (Å²) < 4.78 is 66.4. The van der Waals surface area contributed by atoms with E-state index in [1.165, 1.54) is 24.3 Å². The Labute approximate surface area is 160 Å². The maximum atomic E-state index is 13.7. The second-order valence-corrected chi connectivity index (χ2v) is 7.69. The maximum absolute atomic E-state index is 13.7. The lowest BCUT2D eigenvalue weighted by Gasteiger charge is -2.21. The fourth-order valence-corrected chi connectivity index (χ4v) is 3.92. The highest BCUT2D eigenvalue weighted by Crippen LogP contribution is 2.21. The molecule has 1 amide bonds. The highest BCUT2D eigenvalue weighted by molar-refractivity contribution is 7.89. The van der Waals surface area contributed by atoms with Crippen LogP contribution in [-0.4, -0.2) is 31.7 Å². The largest absolute Gasteiger partial charge is 0.322 e. The van der Waals surface area contributed by atoms with E-state index in [4.69, 9.17) is 5.26 Å². The molecule has 0 radical (unpaired) electrons. The van der Waals surface area contributed by atoms with Crippen LogP contribution in [0.3, 0.4) is 0 Å². The molecule has 2 aromatic carbocycles. The summed E-state index contributed by atoms with van der Waals surface area (Å²) >= 11 is 0. The van der Waals surface area contributed by atoms with Crippen LogP contribution in [-0.2, 0) is 14.8 Å². The summed E-state index contributed by atoms with van der Waals surface area (Å²) in [5.74, 6) is -5.68. The molecule has 0 aliphatic rings. The number of anilines is 1. The van der Waals surface area contributed by atoms with Gasteiger partial charge in [-0.25, -0.2) is 21.6 Å². The highest BCUT2D eigenvalue weighted by Gasteiger charge is 2.27. The van der Waals surface area contributed by atoms with Gasteiger partial charge in [-0.15, -0.1) is 0 Å². The summed E-state index contributed by atoms with van der Waals surface area (Å²) in [6.07, 6.45) is 0.379. The van der Waals surface area contributed by atoms with Gasteiger partial charge in [0.15, 0.2) is 17.5 Å². The summed E-state index contributed by atoms with van der Waals surface area (Å²) in [6, 6.07) is 8.59. The number of carbonyl (C=O) groups is 1. The van der Waals surface area contributed by atoms with Crippen LogP contribution in [0.4, 0.5) is 18.9 Å². The van der Waals surface area contributed by atoms with Gasteiger partial charge in [0.2, 0.25) is 15.9 Å². The average Bonchev–Trinajstić information content (AvgIpc) is 2.68. The van der Waals surface area contributed by atoms with Crippen molar-refractivity contribution in [2.45, 2.75) is 18.2 Å². The van der Waals surface area contributed by atoms with E-state index in [1.54, 1.807) is 6.92 Å². The van der Waals surface area contributed by atoms with E-state index in [0.717, 1.165) is 10.4 Å².